The lowest BCUT2D eigenvalue weighted by atomic mass is 9.77. The molecule has 1 saturated carbocycles. The highest BCUT2D eigenvalue weighted by atomic mass is 79.9. The molecule has 0 saturated heterocycles. The number of hydrogen-bond donors (Lipinski definition) is 1. The first-order chi connectivity index (χ1) is 9.63. The zero-order valence-corrected chi connectivity index (χ0v) is 16.1. The summed E-state index contributed by atoms with van der Waals surface area (Å²) >= 11 is 9.05. The van der Waals surface area contributed by atoms with Crippen molar-refractivity contribution in [1.82, 2.24) is 5.32 Å². The van der Waals surface area contributed by atoms with Crippen LogP contribution in [-0.2, 0) is 4.74 Å². The molecule has 0 aromatic carbocycles. The van der Waals surface area contributed by atoms with Crippen LogP contribution in [0, 0.1) is 5.92 Å². The van der Waals surface area contributed by atoms with Gasteiger partial charge in [0.15, 0.2) is 0 Å². The summed E-state index contributed by atoms with van der Waals surface area (Å²) in [7, 11) is 0. The van der Waals surface area contributed by atoms with Crippen LogP contribution >= 0.6 is 43.2 Å². The average molecular weight is 425 g/mol. The smallest absolute Gasteiger partial charge is 0.0758 e. The van der Waals surface area contributed by atoms with E-state index < -0.39 is 0 Å². The second-order valence-electron chi connectivity index (χ2n) is 5.44. The molecular weight excluding hydrogens is 402 g/mol. The first-order valence-corrected chi connectivity index (χ1v) is 9.84. The standard InChI is InChI=1S/C15H23Br2NOS/c1-3-5-18-13(12-9-14(16)20-15(12)17)8-10-6-11(7-10)19-4-2/h9-11,13,18H,3-8H2,1-2H3. The second kappa shape index (κ2) is 8.28. The molecule has 1 unspecified atom stereocenters. The van der Waals surface area contributed by atoms with Crippen molar-refractivity contribution in [2.24, 2.45) is 5.92 Å². The second-order valence-corrected chi connectivity index (χ2v) is 9.19. The molecule has 1 N–H and O–H groups in total. The number of ether oxygens (including phenoxy) is 1. The molecule has 20 heavy (non-hydrogen) atoms. The third-order valence-electron chi connectivity index (χ3n) is 3.86. The molecule has 0 radical (unpaired) electrons. The fourth-order valence-electron chi connectivity index (χ4n) is 2.80. The van der Waals surface area contributed by atoms with Crippen molar-refractivity contribution in [3.63, 3.8) is 0 Å². The summed E-state index contributed by atoms with van der Waals surface area (Å²) in [6, 6.07) is 2.71. The van der Waals surface area contributed by atoms with Crippen molar-refractivity contribution in [3.8, 4) is 0 Å². The third-order valence-corrected chi connectivity index (χ3v) is 6.25. The first kappa shape index (κ1) is 16.9. The molecule has 2 nitrogen and oxygen atoms in total. The predicted octanol–water partition coefficient (Wildman–Crippen LogP) is 5.52. The van der Waals surface area contributed by atoms with E-state index in [-0.39, 0.29) is 0 Å². The summed E-state index contributed by atoms with van der Waals surface area (Å²) in [6.45, 7) is 6.22. The zero-order valence-electron chi connectivity index (χ0n) is 12.1. The van der Waals surface area contributed by atoms with Gasteiger partial charge in [-0.15, -0.1) is 11.3 Å². The van der Waals surface area contributed by atoms with Crippen molar-refractivity contribution in [2.45, 2.75) is 51.7 Å². The molecule has 5 heteroatoms. The summed E-state index contributed by atoms with van der Waals surface area (Å²) in [5.74, 6) is 0.798. The van der Waals surface area contributed by atoms with Gasteiger partial charge in [0.25, 0.3) is 0 Å². The molecule has 0 aliphatic heterocycles. The number of thiophene rings is 1. The summed E-state index contributed by atoms with van der Waals surface area (Å²) < 4.78 is 8.12. The number of hydrogen-bond acceptors (Lipinski definition) is 3. The Kier molecular flexibility index (Phi) is 7.01. The molecule has 1 aromatic heterocycles. The summed E-state index contributed by atoms with van der Waals surface area (Å²) in [5.41, 5.74) is 1.40. The van der Waals surface area contributed by atoms with Gasteiger partial charge in [-0.05, 0) is 88.6 Å². The molecular formula is C15H23Br2NOS. The largest absolute Gasteiger partial charge is 0.378 e. The van der Waals surface area contributed by atoms with E-state index in [2.05, 4.69) is 57.1 Å². The normalized spacial score (nSPS) is 23.6. The Labute approximate surface area is 142 Å². The van der Waals surface area contributed by atoms with E-state index in [1.54, 1.807) is 11.3 Å². The van der Waals surface area contributed by atoms with Gasteiger partial charge in [-0.3, -0.25) is 0 Å². The fraction of sp³-hybridized carbons (Fsp3) is 0.733. The van der Waals surface area contributed by atoms with Crippen LogP contribution in [0.5, 0.6) is 0 Å². The molecule has 0 bridgehead atoms. The van der Waals surface area contributed by atoms with Crippen LogP contribution in [-0.4, -0.2) is 19.3 Å². The van der Waals surface area contributed by atoms with Gasteiger partial charge in [0.2, 0.25) is 0 Å². The monoisotopic (exact) mass is 423 g/mol. The van der Waals surface area contributed by atoms with E-state index in [0.29, 0.717) is 12.1 Å². The Hall–Kier alpha value is 0.580. The maximum atomic E-state index is 5.67. The highest BCUT2D eigenvalue weighted by molar-refractivity contribution is 9.12. The van der Waals surface area contributed by atoms with Gasteiger partial charge in [0, 0.05) is 12.6 Å². The minimum absolute atomic E-state index is 0.458. The van der Waals surface area contributed by atoms with E-state index in [9.17, 15) is 0 Å². The molecule has 114 valence electrons. The number of halogens is 2. The Morgan fingerprint density at radius 1 is 1.40 bits per heavy atom. The van der Waals surface area contributed by atoms with Crippen LogP contribution < -0.4 is 5.32 Å². The van der Waals surface area contributed by atoms with Crippen LogP contribution in [0.3, 0.4) is 0 Å². The van der Waals surface area contributed by atoms with Crippen molar-refractivity contribution >= 4 is 43.2 Å². The summed E-state index contributed by atoms with van der Waals surface area (Å²) in [5, 5.41) is 3.70. The average Bonchev–Trinajstić information content (AvgIpc) is 2.70. The lowest BCUT2D eigenvalue weighted by Gasteiger charge is -2.37. The molecule has 1 aromatic rings. The molecule has 1 heterocycles. The van der Waals surface area contributed by atoms with E-state index in [0.717, 1.165) is 19.1 Å². The Morgan fingerprint density at radius 3 is 2.70 bits per heavy atom. The predicted molar refractivity (Wildman–Crippen MR) is 93.5 cm³/mol. The van der Waals surface area contributed by atoms with Crippen LogP contribution in [0.1, 0.15) is 51.1 Å². The highest BCUT2D eigenvalue weighted by Crippen LogP contribution is 2.41. The Balaban J connectivity index is 1.93. The van der Waals surface area contributed by atoms with Gasteiger partial charge in [-0.1, -0.05) is 6.92 Å². The molecule has 0 amide bonds. The number of nitrogens with one attached hydrogen (secondary N) is 1. The van der Waals surface area contributed by atoms with Crippen molar-refractivity contribution in [2.75, 3.05) is 13.2 Å². The molecule has 1 aliphatic rings. The van der Waals surface area contributed by atoms with E-state index >= 15 is 0 Å². The van der Waals surface area contributed by atoms with Gasteiger partial charge in [-0.25, -0.2) is 0 Å². The minimum atomic E-state index is 0.458. The van der Waals surface area contributed by atoms with Gasteiger partial charge < -0.3 is 10.1 Å². The maximum absolute atomic E-state index is 5.67. The fourth-order valence-corrected chi connectivity index (χ4v) is 5.78. The van der Waals surface area contributed by atoms with Gasteiger partial charge in [0.05, 0.1) is 13.7 Å². The Bertz CT molecular complexity index is 418. The van der Waals surface area contributed by atoms with Crippen LogP contribution in [0.15, 0.2) is 13.6 Å². The SMILES string of the molecule is CCCNC(CC1CC(OCC)C1)c1cc(Br)sc1Br. The van der Waals surface area contributed by atoms with E-state index in [4.69, 9.17) is 4.74 Å². The van der Waals surface area contributed by atoms with Crippen LogP contribution in [0.4, 0.5) is 0 Å². The molecule has 1 atom stereocenters. The molecule has 0 spiro atoms. The first-order valence-electron chi connectivity index (χ1n) is 7.43. The quantitative estimate of drug-likeness (QED) is 0.593. The van der Waals surface area contributed by atoms with E-state index in [1.807, 2.05) is 0 Å². The third kappa shape index (κ3) is 4.54. The van der Waals surface area contributed by atoms with Crippen molar-refractivity contribution in [3.05, 3.63) is 19.2 Å². The summed E-state index contributed by atoms with van der Waals surface area (Å²) in [6.07, 6.45) is 5.34. The van der Waals surface area contributed by atoms with Gasteiger partial charge in [-0.2, -0.15) is 0 Å². The molecule has 1 aliphatic carbocycles. The van der Waals surface area contributed by atoms with Gasteiger partial charge >= 0.3 is 0 Å². The van der Waals surface area contributed by atoms with Crippen molar-refractivity contribution in [1.29, 1.82) is 0 Å². The van der Waals surface area contributed by atoms with Crippen molar-refractivity contribution < 1.29 is 4.74 Å². The van der Waals surface area contributed by atoms with Crippen LogP contribution in [0.2, 0.25) is 0 Å². The Morgan fingerprint density at radius 2 is 2.15 bits per heavy atom. The molecule has 1 fully saturated rings. The van der Waals surface area contributed by atoms with Gasteiger partial charge in [0.1, 0.15) is 0 Å². The topological polar surface area (TPSA) is 21.3 Å². The minimum Gasteiger partial charge on any atom is -0.378 e. The molecule has 2 rings (SSSR count). The lowest BCUT2D eigenvalue weighted by Crippen LogP contribution is -2.35. The van der Waals surface area contributed by atoms with E-state index in [1.165, 1.54) is 38.8 Å². The lowest BCUT2D eigenvalue weighted by molar-refractivity contribution is -0.0291. The maximum Gasteiger partial charge on any atom is 0.0758 e. The number of rotatable bonds is 8. The zero-order chi connectivity index (χ0) is 14.5. The summed E-state index contributed by atoms with van der Waals surface area (Å²) in [4.78, 5) is 0. The van der Waals surface area contributed by atoms with Crippen LogP contribution in [0.25, 0.3) is 0 Å². The highest BCUT2D eigenvalue weighted by Gasteiger charge is 2.32.